The van der Waals surface area contributed by atoms with E-state index in [0.29, 0.717) is 12.4 Å². The van der Waals surface area contributed by atoms with E-state index in [-0.39, 0.29) is 0 Å². The van der Waals surface area contributed by atoms with Crippen molar-refractivity contribution in [1.82, 2.24) is 0 Å². The Labute approximate surface area is 87.7 Å². The highest BCUT2D eigenvalue weighted by Gasteiger charge is 2.01. The fraction of sp³-hybridized carbons (Fsp3) is 0.455. The molecule has 0 aliphatic carbocycles. The zero-order chi connectivity index (χ0) is 10.2. The van der Waals surface area contributed by atoms with Crippen LogP contribution >= 0.6 is 0 Å². The maximum Gasteiger partial charge on any atom is 0.0530 e. The molecule has 0 spiro atoms. The van der Waals surface area contributed by atoms with E-state index in [9.17, 15) is 4.21 Å². The van der Waals surface area contributed by atoms with Crippen LogP contribution in [-0.4, -0.2) is 23.2 Å². The molecule has 0 saturated carbocycles. The quantitative estimate of drug-likeness (QED) is 0.676. The maximum atomic E-state index is 11.7. The molecule has 1 rings (SSSR count). The molecule has 1 aromatic rings. The number of ether oxygens (including phenoxy) is 1. The largest absolute Gasteiger partial charge is 0.382 e. The summed E-state index contributed by atoms with van der Waals surface area (Å²) in [5.74, 6) is 0.685. The van der Waals surface area contributed by atoms with E-state index in [1.54, 1.807) is 0 Å². The van der Waals surface area contributed by atoms with Crippen molar-refractivity contribution in [3.8, 4) is 0 Å². The second kappa shape index (κ2) is 6.74. The average Bonchev–Trinajstić information content (AvgIpc) is 2.25. The van der Waals surface area contributed by atoms with Gasteiger partial charge in [0.05, 0.1) is 10.8 Å². The van der Waals surface area contributed by atoms with Crippen molar-refractivity contribution in [2.45, 2.75) is 18.2 Å². The van der Waals surface area contributed by atoms with Crippen molar-refractivity contribution in [2.24, 2.45) is 0 Å². The molecule has 1 aromatic carbocycles. The molecule has 0 aliphatic heterocycles. The predicted octanol–water partition coefficient (Wildman–Crippen LogP) is 2.22. The molecular weight excluding hydrogens is 196 g/mol. The number of rotatable bonds is 6. The van der Waals surface area contributed by atoms with Crippen LogP contribution in [0.1, 0.15) is 13.3 Å². The van der Waals surface area contributed by atoms with Gasteiger partial charge in [0.2, 0.25) is 0 Å². The second-order valence-electron chi connectivity index (χ2n) is 2.91. The average molecular weight is 212 g/mol. The van der Waals surface area contributed by atoms with Crippen LogP contribution in [0.25, 0.3) is 0 Å². The molecule has 0 aromatic heterocycles. The molecule has 0 heterocycles. The van der Waals surface area contributed by atoms with E-state index in [1.165, 1.54) is 0 Å². The topological polar surface area (TPSA) is 26.3 Å². The number of hydrogen-bond donors (Lipinski definition) is 0. The Hall–Kier alpha value is -0.670. The molecule has 0 saturated heterocycles. The van der Waals surface area contributed by atoms with Gasteiger partial charge >= 0.3 is 0 Å². The van der Waals surface area contributed by atoms with Crippen LogP contribution in [0.5, 0.6) is 0 Å². The molecule has 78 valence electrons. The Bertz CT molecular complexity index is 272. The van der Waals surface area contributed by atoms with Crippen LogP contribution in [0.3, 0.4) is 0 Å². The highest BCUT2D eigenvalue weighted by Crippen LogP contribution is 2.06. The minimum absolute atomic E-state index is 0.685. The van der Waals surface area contributed by atoms with Gasteiger partial charge in [0.15, 0.2) is 0 Å². The van der Waals surface area contributed by atoms with Gasteiger partial charge in [-0.05, 0) is 25.5 Å². The number of hydrogen-bond acceptors (Lipinski definition) is 2. The van der Waals surface area contributed by atoms with E-state index in [1.807, 2.05) is 37.3 Å². The van der Waals surface area contributed by atoms with Crippen molar-refractivity contribution < 1.29 is 8.95 Å². The Kier molecular flexibility index (Phi) is 5.49. The lowest BCUT2D eigenvalue weighted by Crippen LogP contribution is -2.02. The van der Waals surface area contributed by atoms with Crippen LogP contribution < -0.4 is 0 Å². The molecule has 3 heteroatoms. The lowest BCUT2D eigenvalue weighted by molar-refractivity contribution is 0.149. The Morgan fingerprint density at radius 1 is 1.29 bits per heavy atom. The first-order chi connectivity index (χ1) is 6.84. The zero-order valence-corrected chi connectivity index (χ0v) is 9.26. The summed E-state index contributed by atoms with van der Waals surface area (Å²) in [6.07, 6.45) is 0.856. The van der Waals surface area contributed by atoms with Crippen LogP contribution in [0.15, 0.2) is 35.2 Å². The molecule has 0 fully saturated rings. The van der Waals surface area contributed by atoms with Crippen LogP contribution in [0.4, 0.5) is 0 Å². The van der Waals surface area contributed by atoms with E-state index in [2.05, 4.69) is 0 Å². The standard InChI is InChI=1S/C11H16O2S/c1-2-13-9-6-10-14(12)11-7-4-3-5-8-11/h3-5,7-8H,2,6,9-10H2,1H3. The highest BCUT2D eigenvalue weighted by molar-refractivity contribution is 7.85. The Morgan fingerprint density at radius 3 is 2.64 bits per heavy atom. The molecule has 2 nitrogen and oxygen atoms in total. The molecular formula is C11H16O2S. The SMILES string of the molecule is CCOCCCS(=O)c1ccccc1. The lowest BCUT2D eigenvalue weighted by Gasteiger charge is -2.02. The lowest BCUT2D eigenvalue weighted by atomic mass is 10.4. The van der Waals surface area contributed by atoms with Crippen LogP contribution in [0.2, 0.25) is 0 Å². The van der Waals surface area contributed by atoms with E-state index in [0.717, 1.165) is 17.9 Å². The van der Waals surface area contributed by atoms with Crippen molar-refractivity contribution in [3.05, 3.63) is 30.3 Å². The summed E-state index contributed by atoms with van der Waals surface area (Å²) < 4.78 is 16.8. The fourth-order valence-corrected chi connectivity index (χ4v) is 2.20. The van der Waals surface area contributed by atoms with Gasteiger partial charge in [0, 0.05) is 23.9 Å². The molecule has 1 atom stereocenters. The molecule has 0 amide bonds. The van der Waals surface area contributed by atoms with Gasteiger partial charge in [-0.25, -0.2) is 0 Å². The van der Waals surface area contributed by atoms with Crippen molar-refractivity contribution in [1.29, 1.82) is 0 Å². The molecule has 0 bridgehead atoms. The smallest absolute Gasteiger partial charge is 0.0530 e. The minimum Gasteiger partial charge on any atom is -0.382 e. The Balaban J connectivity index is 2.29. The molecule has 0 N–H and O–H groups in total. The summed E-state index contributed by atoms with van der Waals surface area (Å²) in [4.78, 5) is 0.906. The summed E-state index contributed by atoms with van der Waals surface area (Å²) in [5, 5.41) is 0. The third-order valence-corrected chi connectivity index (χ3v) is 3.29. The molecule has 14 heavy (non-hydrogen) atoms. The first-order valence-electron chi connectivity index (χ1n) is 4.85. The Morgan fingerprint density at radius 2 is 2.00 bits per heavy atom. The fourth-order valence-electron chi connectivity index (χ4n) is 1.13. The van der Waals surface area contributed by atoms with E-state index < -0.39 is 10.8 Å². The van der Waals surface area contributed by atoms with E-state index >= 15 is 0 Å². The monoisotopic (exact) mass is 212 g/mol. The first kappa shape index (κ1) is 11.4. The van der Waals surface area contributed by atoms with Crippen molar-refractivity contribution >= 4 is 10.8 Å². The van der Waals surface area contributed by atoms with Gasteiger partial charge in [-0.3, -0.25) is 4.21 Å². The predicted molar refractivity (Wildman–Crippen MR) is 58.8 cm³/mol. The highest BCUT2D eigenvalue weighted by atomic mass is 32.2. The van der Waals surface area contributed by atoms with Gasteiger partial charge in [-0.1, -0.05) is 18.2 Å². The second-order valence-corrected chi connectivity index (χ2v) is 4.48. The summed E-state index contributed by atoms with van der Waals surface area (Å²) >= 11 is 0. The zero-order valence-electron chi connectivity index (χ0n) is 8.44. The van der Waals surface area contributed by atoms with Crippen LogP contribution in [0, 0.1) is 0 Å². The van der Waals surface area contributed by atoms with Gasteiger partial charge in [0.1, 0.15) is 0 Å². The summed E-state index contributed by atoms with van der Waals surface area (Å²) in [6, 6.07) is 9.56. The van der Waals surface area contributed by atoms with Gasteiger partial charge in [-0.15, -0.1) is 0 Å². The van der Waals surface area contributed by atoms with Gasteiger partial charge in [0.25, 0.3) is 0 Å². The number of benzene rings is 1. The minimum atomic E-state index is -0.867. The molecule has 0 radical (unpaired) electrons. The van der Waals surface area contributed by atoms with Crippen molar-refractivity contribution in [3.63, 3.8) is 0 Å². The van der Waals surface area contributed by atoms with Gasteiger partial charge in [-0.2, -0.15) is 0 Å². The molecule has 1 unspecified atom stereocenters. The molecule has 0 aliphatic rings. The summed E-state index contributed by atoms with van der Waals surface area (Å²) in [7, 11) is -0.867. The van der Waals surface area contributed by atoms with Gasteiger partial charge < -0.3 is 4.74 Å². The normalized spacial score (nSPS) is 12.6. The third kappa shape index (κ3) is 4.03. The summed E-state index contributed by atoms with van der Waals surface area (Å²) in [6.45, 7) is 3.40. The van der Waals surface area contributed by atoms with E-state index in [4.69, 9.17) is 4.74 Å². The summed E-state index contributed by atoms with van der Waals surface area (Å²) in [5.41, 5.74) is 0. The van der Waals surface area contributed by atoms with Crippen molar-refractivity contribution in [2.75, 3.05) is 19.0 Å². The van der Waals surface area contributed by atoms with Crippen LogP contribution in [-0.2, 0) is 15.5 Å². The first-order valence-corrected chi connectivity index (χ1v) is 6.17. The third-order valence-electron chi connectivity index (χ3n) is 1.83. The maximum absolute atomic E-state index is 11.7.